The van der Waals surface area contributed by atoms with E-state index in [0.29, 0.717) is 6.04 Å². The third-order valence-corrected chi connectivity index (χ3v) is 4.90. The third kappa shape index (κ3) is 3.01. The molecule has 2 N–H and O–H groups in total. The molecule has 1 saturated heterocycles. The Morgan fingerprint density at radius 2 is 2.00 bits per heavy atom. The molecule has 0 aromatic heterocycles. The van der Waals surface area contributed by atoms with E-state index < -0.39 is 0 Å². The number of piperidine rings is 1. The zero-order valence-electron chi connectivity index (χ0n) is 12.0. The summed E-state index contributed by atoms with van der Waals surface area (Å²) in [6.45, 7) is 2.40. The maximum absolute atomic E-state index is 3.54. The van der Waals surface area contributed by atoms with E-state index in [-0.39, 0.29) is 0 Å². The van der Waals surface area contributed by atoms with Crippen molar-refractivity contribution in [2.75, 3.05) is 20.1 Å². The maximum Gasteiger partial charge on any atom is 0.0320 e. The van der Waals surface area contributed by atoms with Crippen LogP contribution in [0.15, 0.2) is 18.2 Å². The van der Waals surface area contributed by atoms with Crippen LogP contribution >= 0.6 is 0 Å². The molecular weight excluding hydrogens is 232 g/mol. The highest BCUT2D eigenvalue weighted by molar-refractivity contribution is 5.36. The Hall–Kier alpha value is -0.860. The fraction of sp³-hybridized carbons (Fsp3) is 0.647. The maximum atomic E-state index is 3.54. The molecule has 0 saturated carbocycles. The van der Waals surface area contributed by atoms with Gasteiger partial charge in [-0.15, -0.1) is 0 Å². The molecule has 1 atom stereocenters. The SMILES string of the molecule is CNC(CC1CCNCC1)c1ccc2c(c1)CCC2. The van der Waals surface area contributed by atoms with Crippen molar-refractivity contribution >= 4 is 0 Å². The molecule has 1 unspecified atom stereocenters. The highest BCUT2D eigenvalue weighted by Gasteiger charge is 2.20. The lowest BCUT2D eigenvalue weighted by Crippen LogP contribution is -2.30. The molecule has 1 fully saturated rings. The van der Waals surface area contributed by atoms with Crippen molar-refractivity contribution in [1.29, 1.82) is 0 Å². The van der Waals surface area contributed by atoms with Gasteiger partial charge in [-0.2, -0.15) is 0 Å². The van der Waals surface area contributed by atoms with Crippen LogP contribution in [0.1, 0.15) is 48.4 Å². The first kappa shape index (κ1) is 13.1. The average molecular weight is 258 g/mol. The molecule has 1 aromatic carbocycles. The van der Waals surface area contributed by atoms with Crippen LogP contribution in [0.4, 0.5) is 0 Å². The molecule has 0 spiro atoms. The Morgan fingerprint density at radius 1 is 1.21 bits per heavy atom. The van der Waals surface area contributed by atoms with Crippen molar-refractivity contribution in [2.45, 2.75) is 44.6 Å². The van der Waals surface area contributed by atoms with Crippen LogP contribution in [0.2, 0.25) is 0 Å². The summed E-state index contributed by atoms with van der Waals surface area (Å²) in [5.41, 5.74) is 4.69. The van der Waals surface area contributed by atoms with E-state index in [4.69, 9.17) is 0 Å². The molecule has 1 aliphatic heterocycles. The molecule has 2 heteroatoms. The van der Waals surface area contributed by atoms with Crippen LogP contribution in [-0.4, -0.2) is 20.1 Å². The number of benzene rings is 1. The first-order valence-electron chi connectivity index (χ1n) is 7.86. The van der Waals surface area contributed by atoms with Gasteiger partial charge in [0.25, 0.3) is 0 Å². The number of rotatable bonds is 4. The summed E-state index contributed by atoms with van der Waals surface area (Å²) in [5, 5.41) is 7.00. The monoisotopic (exact) mass is 258 g/mol. The minimum Gasteiger partial charge on any atom is -0.317 e. The predicted molar refractivity (Wildman–Crippen MR) is 80.5 cm³/mol. The van der Waals surface area contributed by atoms with Crippen LogP contribution in [-0.2, 0) is 12.8 Å². The lowest BCUT2D eigenvalue weighted by molar-refractivity contribution is 0.318. The molecular formula is C17H26N2. The molecule has 1 heterocycles. The van der Waals surface area contributed by atoms with Crippen LogP contribution in [0.5, 0.6) is 0 Å². The molecule has 104 valence electrons. The summed E-state index contributed by atoms with van der Waals surface area (Å²) >= 11 is 0. The van der Waals surface area contributed by atoms with E-state index in [2.05, 4.69) is 35.9 Å². The molecule has 0 amide bonds. The van der Waals surface area contributed by atoms with E-state index in [9.17, 15) is 0 Å². The van der Waals surface area contributed by atoms with Gasteiger partial charge in [0, 0.05) is 6.04 Å². The van der Waals surface area contributed by atoms with Crippen LogP contribution in [0.25, 0.3) is 0 Å². The lowest BCUT2D eigenvalue weighted by atomic mass is 9.87. The Kier molecular flexibility index (Phi) is 4.19. The minimum absolute atomic E-state index is 0.536. The first-order chi connectivity index (χ1) is 9.36. The summed E-state index contributed by atoms with van der Waals surface area (Å²) < 4.78 is 0. The van der Waals surface area contributed by atoms with Gasteiger partial charge in [0.2, 0.25) is 0 Å². The number of hydrogen-bond donors (Lipinski definition) is 2. The highest BCUT2D eigenvalue weighted by atomic mass is 14.9. The zero-order valence-corrected chi connectivity index (χ0v) is 12.0. The topological polar surface area (TPSA) is 24.1 Å². The molecule has 1 aromatic rings. The molecule has 0 radical (unpaired) electrons. The second-order valence-electron chi connectivity index (χ2n) is 6.15. The Balaban J connectivity index is 1.70. The number of fused-ring (bicyclic) bond motifs is 1. The minimum atomic E-state index is 0.536. The van der Waals surface area contributed by atoms with Gasteiger partial charge in [0.15, 0.2) is 0 Å². The van der Waals surface area contributed by atoms with E-state index in [1.165, 1.54) is 57.2 Å². The van der Waals surface area contributed by atoms with Crippen molar-refractivity contribution in [3.63, 3.8) is 0 Å². The van der Waals surface area contributed by atoms with Crippen LogP contribution < -0.4 is 10.6 Å². The van der Waals surface area contributed by atoms with Gasteiger partial charge in [-0.05, 0) is 81.3 Å². The Bertz CT molecular complexity index is 421. The average Bonchev–Trinajstić information content (AvgIpc) is 2.93. The van der Waals surface area contributed by atoms with E-state index in [1.807, 2.05) is 0 Å². The fourth-order valence-corrected chi connectivity index (χ4v) is 3.68. The predicted octanol–water partition coefficient (Wildman–Crippen LogP) is 2.83. The van der Waals surface area contributed by atoms with Crippen LogP contribution in [0, 0.1) is 5.92 Å². The molecule has 3 rings (SSSR count). The number of nitrogens with one attached hydrogen (secondary N) is 2. The molecule has 19 heavy (non-hydrogen) atoms. The normalized spacial score (nSPS) is 21.3. The van der Waals surface area contributed by atoms with Gasteiger partial charge in [0.1, 0.15) is 0 Å². The number of hydrogen-bond acceptors (Lipinski definition) is 2. The van der Waals surface area contributed by atoms with Crippen LogP contribution in [0.3, 0.4) is 0 Å². The largest absolute Gasteiger partial charge is 0.317 e. The second kappa shape index (κ2) is 6.06. The Labute approximate surface area is 117 Å². The van der Waals surface area contributed by atoms with Crippen molar-refractivity contribution in [2.24, 2.45) is 5.92 Å². The van der Waals surface area contributed by atoms with Crippen molar-refractivity contribution in [1.82, 2.24) is 10.6 Å². The van der Waals surface area contributed by atoms with Crippen molar-refractivity contribution in [3.05, 3.63) is 34.9 Å². The highest BCUT2D eigenvalue weighted by Crippen LogP contribution is 2.30. The van der Waals surface area contributed by atoms with Gasteiger partial charge >= 0.3 is 0 Å². The number of aryl methyl sites for hydroxylation is 2. The Morgan fingerprint density at radius 3 is 2.79 bits per heavy atom. The summed E-state index contributed by atoms with van der Waals surface area (Å²) in [5.74, 6) is 0.881. The summed E-state index contributed by atoms with van der Waals surface area (Å²) in [6.07, 6.45) is 7.88. The standard InChI is InChI=1S/C17H26N2/c1-18-17(11-13-7-9-19-10-8-13)16-6-5-14-3-2-4-15(14)12-16/h5-6,12-13,17-19H,2-4,7-11H2,1H3. The quantitative estimate of drug-likeness (QED) is 0.868. The molecule has 1 aliphatic carbocycles. The van der Waals surface area contributed by atoms with Gasteiger partial charge in [0.05, 0.1) is 0 Å². The summed E-state index contributed by atoms with van der Waals surface area (Å²) in [4.78, 5) is 0. The summed E-state index contributed by atoms with van der Waals surface area (Å²) in [7, 11) is 2.11. The van der Waals surface area contributed by atoms with E-state index in [1.54, 1.807) is 11.1 Å². The van der Waals surface area contributed by atoms with Gasteiger partial charge in [-0.1, -0.05) is 18.2 Å². The molecule has 0 bridgehead atoms. The van der Waals surface area contributed by atoms with E-state index in [0.717, 1.165) is 5.92 Å². The van der Waals surface area contributed by atoms with Gasteiger partial charge in [-0.25, -0.2) is 0 Å². The first-order valence-corrected chi connectivity index (χ1v) is 7.86. The van der Waals surface area contributed by atoms with E-state index >= 15 is 0 Å². The zero-order chi connectivity index (χ0) is 13.1. The third-order valence-electron chi connectivity index (χ3n) is 4.90. The van der Waals surface area contributed by atoms with Gasteiger partial charge < -0.3 is 10.6 Å². The fourth-order valence-electron chi connectivity index (χ4n) is 3.68. The van der Waals surface area contributed by atoms with Crippen molar-refractivity contribution < 1.29 is 0 Å². The molecule has 2 nitrogen and oxygen atoms in total. The molecule has 2 aliphatic rings. The van der Waals surface area contributed by atoms with Crippen molar-refractivity contribution in [3.8, 4) is 0 Å². The van der Waals surface area contributed by atoms with Gasteiger partial charge in [-0.3, -0.25) is 0 Å². The summed E-state index contributed by atoms with van der Waals surface area (Å²) in [6, 6.07) is 7.72. The smallest absolute Gasteiger partial charge is 0.0320 e. The lowest BCUT2D eigenvalue weighted by Gasteiger charge is -2.27. The second-order valence-corrected chi connectivity index (χ2v) is 6.15.